The van der Waals surface area contributed by atoms with Gasteiger partial charge in [-0.25, -0.2) is 0 Å². The van der Waals surface area contributed by atoms with Gasteiger partial charge in [0.15, 0.2) is 0 Å². The number of aliphatic hydroxyl groups excluding tert-OH is 1. The van der Waals surface area contributed by atoms with Gasteiger partial charge in [-0.05, 0) is 6.42 Å². The fraction of sp³-hybridized carbons (Fsp3) is 0.667. The second kappa shape index (κ2) is 2.87. The van der Waals surface area contributed by atoms with Crippen LogP contribution in [0.25, 0.3) is 0 Å². The van der Waals surface area contributed by atoms with Crippen LogP contribution in [0.2, 0.25) is 0 Å². The minimum Gasteiger partial charge on any atom is -0.391 e. The minimum atomic E-state index is -0.227. The summed E-state index contributed by atoms with van der Waals surface area (Å²) in [4.78, 5) is 6.03. The fourth-order valence-corrected chi connectivity index (χ4v) is 1.90. The predicted molar refractivity (Wildman–Crippen MR) is 47.2 cm³/mol. The van der Waals surface area contributed by atoms with E-state index in [1.54, 1.807) is 0 Å². The van der Waals surface area contributed by atoms with Gasteiger partial charge in [0.1, 0.15) is 0 Å². The second-order valence-electron chi connectivity index (χ2n) is 2.82. The molecule has 0 aliphatic carbocycles. The van der Waals surface area contributed by atoms with Gasteiger partial charge in [-0.1, -0.05) is 0 Å². The van der Waals surface area contributed by atoms with Crippen molar-refractivity contribution in [3.63, 3.8) is 0 Å². The highest BCUT2D eigenvalue weighted by Gasteiger charge is 2.22. The molecular weight excluding hydrogens is 176 g/mol. The molecule has 0 bridgehead atoms. The van der Waals surface area contributed by atoms with Crippen molar-refractivity contribution in [2.45, 2.75) is 12.5 Å². The van der Waals surface area contributed by atoms with Gasteiger partial charge in [0, 0.05) is 24.6 Å². The first-order chi connectivity index (χ1) is 5.75. The predicted octanol–water partition coefficient (Wildman–Crippen LogP) is -0.309. The maximum absolute atomic E-state index is 9.25. The highest BCUT2D eigenvalue weighted by molar-refractivity contribution is 7.09. The Hall–Kier alpha value is -0.880. The Labute approximate surface area is 74.0 Å². The van der Waals surface area contributed by atoms with E-state index >= 15 is 0 Å². The summed E-state index contributed by atoms with van der Waals surface area (Å²) in [7, 11) is 0. The lowest BCUT2D eigenvalue weighted by atomic mass is 10.3. The molecule has 1 aliphatic rings. The van der Waals surface area contributed by atoms with E-state index in [1.807, 2.05) is 4.90 Å². The summed E-state index contributed by atoms with van der Waals surface area (Å²) in [5.74, 6) is 0.316. The molecule has 2 heterocycles. The Morgan fingerprint density at radius 2 is 2.50 bits per heavy atom. The summed E-state index contributed by atoms with van der Waals surface area (Å²) in [6.07, 6.45) is 0.578. The summed E-state index contributed by atoms with van der Waals surface area (Å²) in [5.41, 5.74) is 5.38. The van der Waals surface area contributed by atoms with E-state index in [0.29, 0.717) is 12.5 Å². The molecule has 1 aliphatic heterocycles. The van der Waals surface area contributed by atoms with Crippen LogP contribution in [0.4, 0.5) is 11.1 Å². The quantitative estimate of drug-likeness (QED) is 0.629. The van der Waals surface area contributed by atoms with Crippen molar-refractivity contribution in [3.8, 4) is 0 Å². The van der Waals surface area contributed by atoms with Crippen molar-refractivity contribution in [2.75, 3.05) is 23.7 Å². The molecule has 1 aromatic heterocycles. The molecule has 5 nitrogen and oxygen atoms in total. The van der Waals surface area contributed by atoms with Crippen LogP contribution in [0.3, 0.4) is 0 Å². The van der Waals surface area contributed by atoms with Crippen LogP contribution in [-0.4, -0.2) is 33.7 Å². The minimum absolute atomic E-state index is 0.227. The largest absolute Gasteiger partial charge is 0.391 e. The van der Waals surface area contributed by atoms with Gasteiger partial charge in [-0.3, -0.25) is 0 Å². The van der Waals surface area contributed by atoms with Crippen molar-refractivity contribution in [1.82, 2.24) is 9.36 Å². The molecule has 2 rings (SSSR count). The Balaban J connectivity index is 2.11. The molecule has 0 spiro atoms. The Bertz CT molecular complexity index is 276. The van der Waals surface area contributed by atoms with E-state index in [2.05, 4.69) is 9.36 Å². The maximum Gasteiger partial charge on any atom is 0.233 e. The van der Waals surface area contributed by atoms with Crippen molar-refractivity contribution < 1.29 is 5.11 Å². The third-order valence-corrected chi connectivity index (χ3v) is 2.66. The van der Waals surface area contributed by atoms with E-state index in [0.717, 1.165) is 18.1 Å². The topological polar surface area (TPSA) is 75.3 Å². The molecule has 1 aromatic rings. The molecule has 0 amide bonds. The first-order valence-corrected chi connectivity index (χ1v) is 4.55. The van der Waals surface area contributed by atoms with Crippen LogP contribution in [0.1, 0.15) is 6.42 Å². The molecule has 1 atom stereocenters. The average molecular weight is 186 g/mol. The summed E-state index contributed by atoms with van der Waals surface area (Å²) < 4.78 is 3.87. The molecule has 0 saturated carbocycles. The zero-order chi connectivity index (χ0) is 8.55. The van der Waals surface area contributed by atoms with E-state index in [1.165, 1.54) is 11.5 Å². The number of β-amino-alcohol motifs (C(OH)–C–C–N with tert-alkyl or cyclic N) is 1. The number of nitrogens with zero attached hydrogens (tertiary/aromatic N) is 3. The monoisotopic (exact) mass is 186 g/mol. The molecule has 0 aromatic carbocycles. The summed E-state index contributed by atoms with van der Waals surface area (Å²) >= 11 is 1.28. The molecule has 3 N–H and O–H groups in total. The molecule has 1 unspecified atom stereocenters. The Morgan fingerprint density at radius 1 is 1.67 bits per heavy atom. The van der Waals surface area contributed by atoms with E-state index in [9.17, 15) is 5.11 Å². The van der Waals surface area contributed by atoms with Gasteiger partial charge in [-0.2, -0.15) is 9.36 Å². The first-order valence-electron chi connectivity index (χ1n) is 3.78. The number of rotatable bonds is 1. The van der Waals surface area contributed by atoms with Gasteiger partial charge in [0.25, 0.3) is 0 Å². The number of hydrogen-bond acceptors (Lipinski definition) is 6. The van der Waals surface area contributed by atoms with E-state index in [4.69, 9.17) is 5.73 Å². The standard InChI is InChI=1S/C6H10N4OS/c7-5-8-6(12-9-5)10-2-1-4(11)3-10/h4,11H,1-3H2,(H2,7,9). The number of nitrogen functional groups attached to an aromatic ring is 1. The van der Waals surface area contributed by atoms with E-state index in [-0.39, 0.29) is 6.10 Å². The number of anilines is 2. The van der Waals surface area contributed by atoms with Crippen LogP contribution >= 0.6 is 11.5 Å². The lowest BCUT2D eigenvalue weighted by Crippen LogP contribution is -2.20. The van der Waals surface area contributed by atoms with Crippen molar-refractivity contribution in [3.05, 3.63) is 0 Å². The molecule has 1 saturated heterocycles. The van der Waals surface area contributed by atoms with Crippen LogP contribution in [0, 0.1) is 0 Å². The molecular formula is C6H10N4OS. The van der Waals surface area contributed by atoms with Crippen molar-refractivity contribution >= 4 is 22.6 Å². The molecule has 1 fully saturated rings. The van der Waals surface area contributed by atoms with Gasteiger partial charge in [0.2, 0.25) is 11.1 Å². The molecule has 66 valence electrons. The van der Waals surface area contributed by atoms with Crippen LogP contribution in [0.5, 0.6) is 0 Å². The fourth-order valence-electron chi connectivity index (χ4n) is 1.27. The highest BCUT2D eigenvalue weighted by Crippen LogP contribution is 2.22. The summed E-state index contributed by atoms with van der Waals surface area (Å²) in [6, 6.07) is 0. The van der Waals surface area contributed by atoms with Crippen LogP contribution < -0.4 is 10.6 Å². The lowest BCUT2D eigenvalue weighted by Gasteiger charge is -2.11. The lowest BCUT2D eigenvalue weighted by molar-refractivity contribution is 0.198. The first kappa shape index (κ1) is 7.75. The van der Waals surface area contributed by atoms with Crippen LogP contribution in [0.15, 0.2) is 0 Å². The Morgan fingerprint density at radius 3 is 3.00 bits per heavy atom. The second-order valence-corrected chi connectivity index (χ2v) is 3.55. The van der Waals surface area contributed by atoms with Crippen LogP contribution in [-0.2, 0) is 0 Å². The third-order valence-electron chi connectivity index (χ3n) is 1.86. The zero-order valence-corrected chi connectivity index (χ0v) is 7.29. The third kappa shape index (κ3) is 1.35. The number of nitrogens with two attached hydrogens (primary N) is 1. The number of hydrogen-bond donors (Lipinski definition) is 2. The van der Waals surface area contributed by atoms with Crippen molar-refractivity contribution in [1.29, 1.82) is 0 Å². The molecule has 0 radical (unpaired) electrons. The van der Waals surface area contributed by atoms with Gasteiger partial charge >= 0.3 is 0 Å². The zero-order valence-electron chi connectivity index (χ0n) is 6.47. The van der Waals surface area contributed by atoms with Gasteiger partial charge in [0.05, 0.1) is 6.10 Å². The highest BCUT2D eigenvalue weighted by atomic mass is 32.1. The number of aliphatic hydroxyl groups is 1. The maximum atomic E-state index is 9.25. The normalized spacial score (nSPS) is 23.4. The number of aromatic nitrogens is 2. The van der Waals surface area contributed by atoms with Gasteiger partial charge in [-0.15, -0.1) is 0 Å². The molecule has 12 heavy (non-hydrogen) atoms. The van der Waals surface area contributed by atoms with Gasteiger partial charge < -0.3 is 15.7 Å². The average Bonchev–Trinajstić information content (AvgIpc) is 2.58. The molecule has 6 heteroatoms. The summed E-state index contributed by atoms with van der Waals surface area (Å²) in [5, 5.41) is 10.1. The SMILES string of the molecule is Nc1nsc(N2CCC(O)C2)n1. The van der Waals surface area contributed by atoms with Crippen molar-refractivity contribution in [2.24, 2.45) is 0 Å². The summed E-state index contributed by atoms with van der Waals surface area (Å²) in [6.45, 7) is 1.49. The Kier molecular flexibility index (Phi) is 1.86. The van der Waals surface area contributed by atoms with E-state index < -0.39 is 0 Å². The smallest absolute Gasteiger partial charge is 0.233 e.